The fourth-order valence-corrected chi connectivity index (χ4v) is 3.31. The monoisotopic (exact) mass is 284 g/mol. The largest absolute Gasteiger partial charge is 0.481 e. The lowest BCUT2D eigenvalue weighted by Gasteiger charge is -2.38. The molecule has 3 atom stereocenters. The predicted octanol–water partition coefficient (Wildman–Crippen LogP) is 0.888. The maximum absolute atomic E-state index is 12.2. The molecule has 20 heavy (non-hydrogen) atoms. The molecule has 1 saturated heterocycles. The second-order valence-corrected chi connectivity index (χ2v) is 5.53. The molecule has 7 nitrogen and oxygen atoms in total. The third-order valence-electron chi connectivity index (χ3n) is 4.23. The molecule has 0 aromatic heterocycles. The Kier molecular flexibility index (Phi) is 4.46. The zero-order valence-corrected chi connectivity index (χ0v) is 11.2. The van der Waals surface area contributed by atoms with Gasteiger partial charge in [-0.15, -0.1) is 0 Å². The second kappa shape index (κ2) is 6.11. The van der Waals surface area contributed by atoms with Gasteiger partial charge in [-0.3, -0.25) is 4.79 Å². The molecule has 0 aromatic rings. The van der Waals surface area contributed by atoms with Crippen LogP contribution in [0, 0.1) is 5.92 Å². The van der Waals surface area contributed by atoms with Gasteiger partial charge in [-0.05, 0) is 31.6 Å². The van der Waals surface area contributed by atoms with Crippen LogP contribution >= 0.6 is 0 Å². The number of nitrogens with one attached hydrogen (secondary N) is 1. The number of fused-ring (bicyclic) bond motifs is 1. The van der Waals surface area contributed by atoms with E-state index < -0.39 is 30.4 Å². The highest BCUT2D eigenvalue weighted by molar-refractivity contribution is 5.86. The van der Waals surface area contributed by atoms with Crippen molar-refractivity contribution in [3.8, 4) is 0 Å². The van der Waals surface area contributed by atoms with Crippen molar-refractivity contribution in [2.24, 2.45) is 5.92 Å². The van der Waals surface area contributed by atoms with Crippen LogP contribution in [0.4, 0.5) is 4.79 Å². The molecule has 2 amide bonds. The number of rotatable bonds is 4. The van der Waals surface area contributed by atoms with Gasteiger partial charge in [0.25, 0.3) is 0 Å². The van der Waals surface area contributed by atoms with Crippen molar-refractivity contribution in [2.45, 2.75) is 50.6 Å². The Labute approximate surface area is 116 Å². The molecule has 1 aliphatic heterocycles. The number of carboxylic acids is 2. The van der Waals surface area contributed by atoms with Crippen LogP contribution in [-0.4, -0.2) is 51.7 Å². The van der Waals surface area contributed by atoms with E-state index in [1.807, 2.05) is 0 Å². The number of hydrogen-bond acceptors (Lipinski definition) is 3. The number of aliphatic carboxylic acids is 2. The molecule has 7 heteroatoms. The van der Waals surface area contributed by atoms with E-state index in [4.69, 9.17) is 10.2 Å². The van der Waals surface area contributed by atoms with E-state index in [0.717, 1.165) is 32.1 Å². The summed E-state index contributed by atoms with van der Waals surface area (Å²) in [5.74, 6) is -2.05. The fourth-order valence-electron chi connectivity index (χ4n) is 3.31. The van der Waals surface area contributed by atoms with Crippen molar-refractivity contribution >= 4 is 18.0 Å². The Hall–Kier alpha value is -1.79. The highest BCUT2D eigenvalue weighted by Crippen LogP contribution is 2.36. The molecule has 1 saturated carbocycles. The van der Waals surface area contributed by atoms with E-state index in [0.29, 0.717) is 12.5 Å². The summed E-state index contributed by atoms with van der Waals surface area (Å²) in [7, 11) is 0. The molecule has 3 unspecified atom stereocenters. The molecular formula is C13H20N2O5. The Morgan fingerprint density at radius 2 is 1.85 bits per heavy atom. The number of amides is 2. The van der Waals surface area contributed by atoms with Crippen molar-refractivity contribution in [3.63, 3.8) is 0 Å². The number of carboxylic acid groups (broad SMARTS) is 2. The van der Waals surface area contributed by atoms with Crippen molar-refractivity contribution in [1.82, 2.24) is 10.2 Å². The Morgan fingerprint density at radius 3 is 2.50 bits per heavy atom. The normalized spacial score (nSPS) is 26.7. The summed E-state index contributed by atoms with van der Waals surface area (Å²) in [5.41, 5.74) is 0. The molecule has 0 spiro atoms. The van der Waals surface area contributed by atoms with E-state index in [-0.39, 0.29) is 6.04 Å². The third-order valence-corrected chi connectivity index (χ3v) is 4.23. The minimum Gasteiger partial charge on any atom is -0.481 e. The van der Waals surface area contributed by atoms with Crippen LogP contribution in [0.1, 0.15) is 38.5 Å². The predicted molar refractivity (Wildman–Crippen MR) is 69.3 cm³/mol. The molecule has 1 heterocycles. The van der Waals surface area contributed by atoms with Crippen LogP contribution in [0.2, 0.25) is 0 Å². The zero-order chi connectivity index (χ0) is 14.7. The van der Waals surface area contributed by atoms with Crippen LogP contribution in [0.15, 0.2) is 0 Å². The maximum atomic E-state index is 12.2. The van der Waals surface area contributed by atoms with Gasteiger partial charge in [-0.2, -0.15) is 0 Å². The first kappa shape index (κ1) is 14.6. The first-order valence-corrected chi connectivity index (χ1v) is 7.00. The fraction of sp³-hybridized carbons (Fsp3) is 0.769. The molecule has 0 aromatic carbocycles. The van der Waals surface area contributed by atoms with Gasteiger partial charge in [-0.1, -0.05) is 6.42 Å². The minimum atomic E-state index is -1.37. The highest BCUT2D eigenvalue weighted by atomic mass is 16.4. The summed E-state index contributed by atoms with van der Waals surface area (Å²) in [5, 5.41) is 20.0. The van der Waals surface area contributed by atoms with Crippen LogP contribution < -0.4 is 5.32 Å². The van der Waals surface area contributed by atoms with Crippen molar-refractivity contribution in [3.05, 3.63) is 0 Å². The Bertz CT molecular complexity index is 412. The first-order chi connectivity index (χ1) is 9.49. The summed E-state index contributed by atoms with van der Waals surface area (Å²) in [6.45, 7) is 0.617. The van der Waals surface area contributed by atoms with Crippen LogP contribution in [0.3, 0.4) is 0 Å². The summed E-state index contributed by atoms with van der Waals surface area (Å²) in [6.07, 6.45) is 4.59. The number of nitrogens with zero attached hydrogens (tertiary/aromatic N) is 1. The first-order valence-electron chi connectivity index (χ1n) is 7.00. The smallest absolute Gasteiger partial charge is 0.326 e. The van der Waals surface area contributed by atoms with Gasteiger partial charge in [0, 0.05) is 12.6 Å². The number of piperidine rings is 1. The van der Waals surface area contributed by atoms with Crippen LogP contribution in [-0.2, 0) is 9.59 Å². The van der Waals surface area contributed by atoms with Gasteiger partial charge >= 0.3 is 18.0 Å². The van der Waals surface area contributed by atoms with Gasteiger partial charge < -0.3 is 20.4 Å². The lowest BCUT2D eigenvalue weighted by molar-refractivity contribution is -0.145. The summed E-state index contributed by atoms with van der Waals surface area (Å²) >= 11 is 0. The van der Waals surface area contributed by atoms with Gasteiger partial charge in [0.1, 0.15) is 6.04 Å². The molecule has 2 rings (SSSR count). The topological polar surface area (TPSA) is 107 Å². The summed E-state index contributed by atoms with van der Waals surface area (Å²) < 4.78 is 0. The van der Waals surface area contributed by atoms with Crippen molar-refractivity contribution in [2.75, 3.05) is 6.54 Å². The second-order valence-electron chi connectivity index (χ2n) is 5.53. The lowest BCUT2D eigenvalue weighted by atomic mass is 9.92. The van der Waals surface area contributed by atoms with Crippen LogP contribution in [0.5, 0.6) is 0 Å². The SMILES string of the molecule is O=C(O)CC(NC(=O)N1CCCC2CCCC21)C(=O)O. The number of urea groups is 1. The maximum Gasteiger partial charge on any atom is 0.326 e. The zero-order valence-electron chi connectivity index (χ0n) is 11.2. The van der Waals surface area contributed by atoms with E-state index in [1.165, 1.54) is 0 Å². The minimum absolute atomic E-state index is 0.183. The number of hydrogen-bond donors (Lipinski definition) is 3. The van der Waals surface area contributed by atoms with E-state index >= 15 is 0 Å². The van der Waals surface area contributed by atoms with Gasteiger partial charge in [0.15, 0.2) is 0 Å². The molecule has 2 aliphatic rings. The molecule has 0 radical (unpaired) electrons. The van der Waals surface area contributed by atoms with Gasteiger partial charge in [0.05, 0.1) is 6.42 Å². The average Bonchev–Trinajstić information content (AvgIpc) is 2.84. The summed E-state index contributed by atoms with van der Waals surface area (Å²) in [6, 6.07) is -1.64. The molecular weight excluding hydrogens is 264 g/mol. The molecule has 112 valence electrons. The Morgan fingerprint density at radius 1 is 1.15 bits per heavy atom. The van der Waals surface area contributed by atoms with E-state index in [1.54, 1.807) is 4.90 Å². The highest BCUT2D eigenvalue weighted by Gasteiger charge is 2.38. The van der Waals surface area contributed by atoms with Gasteiger partial charge in [0.2, 0.25) is 0 Å². The van der Waals surface area contributed by atoms with E-state index in [2.05, 4.69) is 5.32 Å². The molecule has 1 aliphatic carbocycles. The van der Waals surface area contributed by atoms with Gasteiger partial charge in [-0.25, -0.2) is 9.59 Å². The summed E-state index contributed by atoms with van der Waals surface area (Å²) in [4.78, 5) is 35.5. The number of likely N-dealkylation sites (tertiary alicyclic amines) is 1. The van der Waals surface area contributed by atoms with Crippen molar-refractivity contribution < 1.29 is 24.6 Å². The molecule has 3 N–H and O–H groups in total. The third kappa shape index (κ3) is 3.20. The molecule has 2 fully saturated rings. The standard InChI is InChI=1S/C13H20N2O5/c16-11(17)7-9(12(18)19)14-13(20)15-6-2-4-8-3-1-5-10(8)15/h8-10H,1-7H2,(H,14,20)(H,16,17)(H,18,19). The number of carbonyl (C=O) groups excluding carboxylic acids is 1. The number of carbonyl (C=O) groups is 3. The molecule has 0 bridgehead atoms. The Balaban J connectivity index is 1.98. The van der Waals surface area contributed by atoms with E-state index in [9.17, 15) is 14.4 Å². The average molecular weight is 284 g/mol. The van der Waals surface area contributed by atoms with Crippen molar-refractivity contribution in [1.29, 1.82) is 0 Å². The quantitative estimate of drug-likeness (QED) is 0.710. The van der Waals surface area contributed by atoms with Crippen LogP contribution in [0.25, 0.3) is 0 Å². The lowest BCUT2D eigenvalue weighted by Crippen LogP contribution is -2.54.